The van der Waals surface area contributed by atoms with E-state index in [0.29, 0.717) is 11.5 Å². The van der Waals surface area contributed by atoms with Crippen molar-refractivity contribution in [2.75, 3.05) is 14.2 Å². The molecule has 4 aliphatic rings. The van der Waals surface area contributed by atoms with Gasteiger partial charge in [0, 0.05) is 13.2 Å². The summed E-state index contributed by atoms with van der Waals surface area (Å²) in [7, 11) is 4.03. The van der Waals surface area contributed by atoms with Crippen LogP contribution in [0.1, 0.15) is 65.2 Å². The summed E-state index contributed by atoms with van der Waals surface area (Å²) in [5.41, 5.74) is 0.644. The molecule has 20 heavy (non-hydrogen) atoms. The molecule has 4 bridgehead atoms. The molecule has 116 valence electrons. The lowest BCUT2D eigenvalue weighted by Gasteiger charge is -2.59. The largest absolute Gasteiger partial charge is 0.379 e. The number of methoxy groups -OCH3 is 1. The molecule has 4 saturated carbocycles. The van der Waals surface area contributed by atoms with Crippen molar-refractivity contribution in [2.24, 2.45) is 23.2 Å². The summed E-state index contributed by atoms with van der Waals surface area (Å²) in [5, 5.41) is 3.70. The third-order valence-corrected chi connectivity index (χ3v) is 6.76. The van der Waals surface area contributed by atoms with Crippen molar-refractivity contribution in [2.45, 2.75) is 76.9 Å². The van der Waals surface area contributed by atoms with E-state index in [1.807, 2.05) is 7.11 Å². The number of hydrogen-bond acceptors (Lipinski definition) is 2. The molecule has 0 aromatic carbocycles. The molecule has 0 heterocycles. The smallest absolute Gasteiger partial charge is 0.0623 e. The van der Waals surface area contributed by atoms with Crippen LogP contribution in [0, 0.1) is 23.2 Å². The highest BCUT2D eigenvalue weighted by Gasteiger charge is 2.53. The van der Waals surface area contributed by atoms with Crippen LogP contribution >= 0.6 is 0 Å². The Kier molecular flexibility index (Phi) is 3.92. The Labute approximate surface area is 125 Å². The SMILES string of the molecule is CNC(CCC(C)(C)OC)C12CC3CC(CC(C3)C1)C2. The normalized spacial score (nSPS) is 41.1. The Morgan fingerprint density at radius 1 is 1.10 bits per heavy atom. The van der Waals surface area contributed by atoms with Crippen LogP contribution in [0.3, 0.4) is 0 Å². The van der Waals surface area contributed by atoms with E-state index < -0.39 is 0 Å². The third kappa shape index (κ3) is 2.66. The minimum Gasteiger partial charge on any atom is -0.379 e. The predicted octanol–water partition coefficient (Wildman–Crippen LogP) is 4.00. The van der Waals surface area contributed by atoms with E-state index in [0.717, 1.165) is 24.2 Å². The van der Waals surface area contributed by atoms with Crippen LogP contribution < -0.4 is 5.32 Å². The van der Waals surface area contributed by atoms with Crippen molar-refractivity contribution in [1.29, 1.82) is 0 Å². The fraction of sp³-hybridized carbons (Fsp3) is 1.00. The zero-order valence-electron chi connectivity index (χ0n) is 13.9. The number of rotatable bonds is 6. The Bertz CT molecular complexity index is 314. The van der Waals surface area contributed by atoms with Gasteiger partial charge in [0.25, 0.3) is 0 Å². The van der Waals surface area contributed by atoms with Gasteiger partial charge in [-0.15, -0.1) is 0 Å². The predicted molar refractivity (Wildman–Crippen MR) is 83.8 cm³/mol. The highest BCUT2D eigenvalue weighted by Crippen LogP contribution is 2.61. The molecular formula is C18H33NO. The first-order valence-electron chi connectivity index (χ1n) is 8.69. The molecule has 0 radical (unpaired) electrons. The summed E-state index contributed by atoms with van der Waals surface area (Å²) in [6.45, 7) is 4.44. The maximum atomic E-state index is 5.62. The second-order valence-electron chi connectivity index (χ2n) is 8.62. The lowest BCUT2D eigenvalue weighted by molar-refractivity contribution is -0.0787. The van der Waals surface area contributed by atoms with Crippen LogP contribution in [0.15, 0.2) is 0 Å². The number of ether oxygens (including phenoxy) is 1. The average Bonchev–Trinajstić information content (AvgIpc) is 2.37. The fourth-order valence-corrected chi connectivity index (χ4v) is 5.96. The van der Waals surface area contributed by atoms with E-state index in [4.69, 9.17) is 4.74 Å². The molecule has 4 aliphatic carbocycles. The Hall–Kier alpha value is -0.0800. The molecular weight excluding hydrogens is 246 g/mol. The van der Waals surface area contributed by atoms with Gasteiger partial charge < -0.3 is 10.1 Å². The molecule has 1 atom stereocenters. The van der Waals surface area contributed by atoms with Gasteiger partial charge in [-0.05, 0) is 95.4 Å². The summed E-state index contributed by atoms with van der Waals surface area (Å²) in [4.78, 5) is 0. The first-order valence-corrected chi connectivity index (χ1v) is 8.69. The summed E-state index contributed by atoms with van der Waals surface area (Å²) in [6, 6.07) is 0.699. The van der Waals surface area contributed by atoms with Crippen molar-refractivity contribution in [3.05, 3.63) is 0 Å². The second kappa shape index (κ2) is 5.28. The van der Waals surface area contributed by atoms with Gasteiger partial charge in [0.1, 0.15) is 0 Å². The quantitative estimate of drug-likeness (QED) is 0.793. The van der Waals surface area contributed by atoms with Gasteiger partial charge in [0.2, 0.25) is 0 Å². The molecule has 0 aromatic rings. The second-order valence-corrected chi connectivity index (χ2v) is 8.62. The van der Waals surface area contributed by atoms with E-state index in [1.54, 1.807) is 0 Å². The summed E-state index contributed by atoms with van der Waals surface area (Å²) < 4.78 is 5.62. The third-order valence-electron chi connectivity index (χ3n) is 6.76. The first kappa shape index (κ1) is 14.8. The summed E-state index contributed by atoms with van der Waals surface area (Å²) >= 11 is 0. The van der Waals surface area contributed by atoms with Crippen LogP contribution in [-0.4, -0.2) is 25.8 Å². The minimum atomic E-state index is 0.0252. The number of hydrogen-bond donors (Lipinski definition) is 1. The van der Waals surface area contributed by atoms with Gasteiger partial charge >= 0.3 is 0 Å². The van der Waals surface area contributed by atoms with Gasteiger partial charge in [-0.3, -0.25) is 0 Å². The molecule has 4 fully saturated rings. The van der Waals surface area contributed by atoms with Crippen LogP contribution in [-0.2, 0) is 4.74 Å². The van der Waals surface area contributed by atoms with Gasteiger partial charge in [0.15, 0.2) is 0 Å². The van der Waals surface area contributed by atoms with E-state index >= 15 is 0 Å². The minimum absolute atomic E-state index is 0.0252. The van der Waals surface area contributed by atoms with E-state index in [-0.39, 0.29) is 5.60 Å². The highest BCUT2D eigenvalue weighted by molar-refractivity contribution is 5.06. The van der Waals surface area contributed by atoms with E-state index in [1.165, 1.54) is 44.9 Å². The molecule has 0 saturated heterocycles. The average molecular weight is 279 g/mol. The molecule has 0 spiro atoms. The molecule has 4 rings (SSSR count). The first-order chi connectivity index (χ1) is 9.46. The van der Waals surface area contributed by atoms with Crippen LogP contribution in [0.5, 0.6) is 0 Å². The van der Waals surface area contributed by atoms with Gasteiger partial charge in [-0.2, -0.15) is 0 Å². The standard InChI is InChI=1S/C18H33NO/c1-17(2,20-4)6-5-16(19-3)18-10-13-7-14(11-18)9-15(8-13)12-18/h13-16,19H,5-12H2,1-4H3. The topological polar surface area (TPSA) is 21.3 Å². The molecule has 1 N–H and O–H groups in total. The Balaban J connectivity index is 1.69. The van der Waals surface area contributed by atoms with Crippen molar-refractivity contribution in [3.8, 4) is 0 Å². The van der Waals surface area contributed by atoms with Crippen LogP contribution in [0.2, 0.25) is 0 Å². The van der Waals surface area contributed by atoms with Crippen LogP contribution in [0.25, 0.3) is 0 Å². The van der Waals surface area contributed by atoms with Gasteiger partial charge in [-0.1, -0.05) is 0 Å². The Morgan fingerprint density at radius 3 is 2.00 bits per heavy atom. The Morgan fingerprint density at radius 2 is 1.60 bits per heavy atom. The van der Waals surface area contributed by atoms with Gasteiger partial charge in [0.05, 0.1) is 5.60 Å². The molecule has 0 aliphatic heterocycles. The van der Waals surface area contributed by atoms with Crippen LogP contribution in [0.4, 0.5) is 0 Å². The maximum absolute atomic E-state index is 5.62. The van der Waals surface area contributed by atoms with E-state index in [9.17, 15) is 0 Å². The summed E-state index contributed by atoms with van der Waals surface area (Å²) in [6.07, 6.45) is 11.5. The zero-order valence-corrected chi connectivity index (χ0v) is 13.9. The van der Waals surface area contributed by atoms with Crippen molar-refractivity contribution in [3.63, 3.8) is 0 Å². The van der Waals surface area contributed by atoms with Crippen molar-refractivity contribution >= 4 is 0 Å². The monoisotopic (exact) mass is 279 g/mol. The maximum Gasteiger partial charge on any atom is 0.0623 e. The molecule has 2 nitrogen and oxygen atoms in total. The molecule has 1 unspecified atom stereocenters. The molecule has 0 aromatic heterocycles. The van der Waals surface area contributed by atoms with E-state index in [2.05, 4.69) is 26.2 Å². The molecule has 2 heteroatoms. The van der Waals surface area contributed by atoms with Crippen molar-refractivity contribution in [1.82, 2.24) is 5.32 Å². The van der Waals surface area contributed by atoms with Gasteiger partial charge in [-0.25, -0.2) is 0 Å². The highest BCUT2D eigenvalue weighted by atomic mass is 16.5. The lowest BCUT2D eigenvalue weighted by Crippen LogP contribution is -2.55. The number of nitrogens with one attached hydrogen (secondary N) is 1. The lowest BCUT2D eigenvalue weighted by atomic mass is 9.47. The summed E-state index contributed by atoms with van der Waals surface area (Å²) in [5.74, 6) is 3.15. The molecule has 0 amide bonds. The van der Waals surface area contributed by atoms with Crippen molar-refractivity contribution < 1.29 is 4.74 Å². The zero-order chi connectivity index (χ0) is 14.4. The fourth-order valence-electron chi connectivity index (χ4n) is 5.96.